The second kappa shape index (κ2) is 13.8. The molecule has 1 heterocycles. The van der Waals surface area contributed by atoms with Gasteiger partial charge in [0.15, 0.2) is 0 Å². The molecule has 0 radical (unpaired) electrons. The number of rotatable bonds is 14. The zero-order valence-corrected chi connectivity index (χ0v) is 22.8. The van der Waals surface area contributed by atoms with Gasteiger partial charge in [-0.3, -0.25) is 14.5 Å². The molecule has 6 heteroatoms. The van der Waals surface area contributed by atoms with Crippen LogP contribution in [0.2, 0.25) is 0 Å². The minimum Gasteiger partial charge on any atom is -0.375 e. The minimum atomic E-state index is -0.784. The fourth-order valence-corrected chi connectivity index (χ4v) is 4.95. The molecule has 0 spiro atoms. The Balaban J connectivity index is 1.46. The van der Waals surface area contributed by atoms with Crippen molar-refractivity contribution >= 4 is 11.8 Å². The molecule has 3 atom stereocenters. The Hall–Kier alpha value is -4.36. The lowest BCUT2D eigenvalue weighted by atomic mass is 10.0. The number of carbonyl (C=O) groups excluding carboxylic acids is 2. The summed E-state index contributed by atoms with van der Waals surface area (Å²) in [6.45, 7) is 4.96. The molecule has 0 bridgehead atoms. The van der Waals surface area contributed by atoms with Crippen molar-refractivity contribution in [3.63, 3.8) is 0 Å². The predicted molar refractivity (Wildman–Crippen MR) is 157 cm³/mol. The molecule has 5 rings (SSSR count). The van der Waals surface area contributed by atoms with Crippen LogP contribution >= 0.6 is 0 Å². The third kappa shape index (κ3) is 6.87. The number of nitrogens with zero attached hydrogens (tertiary/aromatic N) is 1. The summed E-state index contributed by atoms with van der Waals surface area (Å²) in [6.07, 6.45) is 0.268. The third-order valence-electron chi connectivity index (χ3n) is 7.06. The zero-order valence-electron chi connectivity index (χ0n) is 22.8. The number of fused-ring (bicyclic) bond motifs is 1. The van der Waals surface area contributed by atoms with Crippen LogP contribution in [0.1, 0.15) is 37.4 Å². The van der Waals surface area contributed by atoms with Crippen LogP contribution in [0.5, 0.6) is 0 Å². The normalized spacial score (nSPS) is 14.9. The average molecular weight is 548 g/mol. The fourth-order valence-electron chi connectivity index (χ4n) is 4.95. The summed E-state index contributed by atoms with van der Waals surface area (Å²) in [5, 5.41) is 0. The maximum Gasteiger partial charge on any atom is 0.261 e. The van der Waals surface area contributed by atoms with Crippen molar-refractivity contribution in [2.24, 2.45) is 0 Å². The first-order valence-electron chi connectivity index (χ1n) is 13.7. The molecule has 0 aromatic heterocycles. The maximum atomic E-state index is 13.7. The van der Waals surface area contributed by atoms with Gasteiger partial charge in [-0.15, -0.1) is 6.58 Å². The van der Waals surface area contributed by atoms with E-state index in [-0.39, 0.29) is 25.0 Å². The molecule has 2 amide bonds. The molecule has 4 aromatic rings. The van der Waals surface area contributed by atoms with Gasteiger partial charge in [0, 0.05) is 0 Å². The molecule has 41 heavy (non-hydrogen) atoms. The van der Waals surface area contributed by atoms with Crippen molar-refractivity contribution in [3.8, 4) is 0 Å². The van der Waals surface area contributed by atoms with Gasteiger partial charge in [-0.25, -0.2) is 0 Å². The van der Waals surface area contributed by atoms with Gasteiger partial charge in [-0.05, 0) is 28.8 Å². The molecule has 0 unspecified atom stereocenters. The van der Waals surface area contributed by atoms with E-state index in [1.165, 1.54) is 4.90 Å². The summed E-state index contributed by atoms with van der Waals surface area (Å²) in [4.78, 5) is 28.6. The van der Waals surface area contributed by atoms with Gasteiger partial charge in [0.05, 0.1) is 43.6 Å². The van der Waals surface area contributed by atoms with E-state index in [0.717, 1.165) is 16.7 Å². The molecule has 1 aliphatic heterocycles. The molecule has 1 aliphatic rings. The summed E-state index contributed by atoms with van der Waals surface area (Å²) in [7, 11) is 0. The highest BCUT2D eigenvalue weighted by Gasteiger charge is 2.45. The fraction of sp³-hybridized carbons (Fsp3) is 0.200. The Kier molecular flexibility index (Phi) is 9.49. The van der Waals surface area contributed by atoms with Crippen molar-refractivity contribution in [3.05, 3.63) is 156 Å². The summed E-state index contributed by atoms with van der Waals surface area (Å²) >= 11 is 0. The van der Waals surface area contributed by atoms with Crippen LogP contribution in [-0.4, -0.2) is 41.6 Å². The Morgan fingerprint density at radius 1 is 0.610 bits per heavy atom. The van der Waals surface area contributed by atoms with Crippen LogP contribution in [0.4, 0.5) is 0 Å². The summed E-state index contributed by atoms with van der Waals surface area (Å²) < 4.78 is 19.0. The molecule has 0 N–H and O–H groups in total. The molecule has 4 aromatic carbocycles. The zero-order chi connectivity index (χ0) is 28.4. The van der Waals surface area contributed by atoms with Gasteiger partial charge >= 0.3 is 0 Å². The third-order valence-corrected chi connectivity index (χ3v) is 7.06. The first-order chi connectivity index (χ1) is 20.2. The number of amides is 2. The SMILES string of the molecule is C=C[C@@H](OCc1ccccc1)[C@@H](OCc1ccccc1)[C@@H](COCc1ccccc1)N1C(=O)c2ccccc2C1=O. The molecular weight excluding hydrogens is 514 g/mol. The van der Waals surface area contributed by atoms with E-state index in [1.807, 2.05) is 91.0 Å². The monoisotopic (exact) mass is 547 g/mol. The molecule has 6 nitrogen and oxygen atoms in total. The lowest BCUT2D eigenvalue weighted by molar-refractivity contribution is -0.106. The van der Waals surface area contributed by atoms with E-state index < -0.39 is 18.2 Å². The number of benzene rings is 4. The van der Waals surface area contributed by atoms with Crippen LogP contribution in [-0.2, 0) is 34.0 Å². The number of imide groups is 1. The van der Waals surface area contributed by atoms with E-state index in [0.29, 0.717) is 24.3 Å². The first-order valence-corrected chi connectivity index (χ1v) is 13.7. The highest BCUT2D eigenvalue weighted by atomic mass is 16.5. The quantitative estimate of drug-likeness (QED) is 0.138. The molecule has 208 valence electrons. The van der Waals surface area contributed by atoms with Crippen molar-refractivity contribution in [1.29, 1.82) is 0 Å². The van der Waals surface area contributed by atoms with Crippen molar-refractivity contribution in [2.45, 2.75) is 38.1 Å². The molecule has 0 fully saturated rings. The number of hydrogen-bond donors (Lipinski definition) is 0. The first kappa shape index (κ1) is 28.2. The highest BCUT2D eigenvalue weighted by Crippen LogP contribution is 2.29. The number of hydrogen-bond acceptors (Lipinski definition) is 5. The molecular formula is C35H33NO5. The van der Waals surface area contributed by atoms with Gasteiger partial charge in [0.25, 0.3) is 11.8 Å². The Morgan fingerprint density at radius 2 is 1.05 bits per heavy atom. The van der Waals surface area contributed by atoms with Crippen LogP contribution < -0.4 is 0 Å². The van der Waals surface area contributed by atoms with E-state index in [9.17, 15) is 9.59 Å². The van der Waals surface area contributed by atoms with Crippen LogP contribution in [0.25, 0.3) is 0 Å². The smallest absolute Gasteiger partial charge is 0.261 e. The van der Waals surface area contributed by atoms with Crippen molar-refractivity contribution in [2.75, 3.05) is 6.61 Å². The Labute approximate surface area is 240 Å². The predicted octanol–water partition coefficient (Wildman–Crippen LogP) is 6.22. The lowest BCUT2D eigenvalue weighted by Gasteiger charge is -2.36. The number of ether oxygens (including phenoxy) is 3. The van der Waals surface area contributed by atoms with Crippen LogP contribution in [0.3, 0.4) is 0 Å². The minimum absolute atomic E-state index is 0.0544. The molecule has 0 saturated carbocycles. The van der Waals surface area contributed by atoms with E-state index in [2.05, 4.69) is 6.58 Å². The van der Waals surface area contributed by atoms with Gasteiger partial charge in [-0.1, -0.05) is 109 Å². The van der Waals surface area contributed by atoms with Crippen molar-refractivity contribution in [1.82, 2.24) is 4.90 Å². The van der Waals surface area contributed by atoms with E-state index >= 15 is 0 Å². The summed E-state index contributed by atoms with van der Waals surface area (Å²) in [5.41, 5.74) is 3.66. The van der Waals surface area contributed by atoms with E-state index in [4.69, 9.17) is 14.2 Å². The Morgan fingerprint density at radius 3 is 1.54 bits per heavy atom. The largest absolute Gasteiger partial charge is 0.375 e. The average Bonchev–Trinajstić information content (AvgIpc) is 3.28. The van der Waals surface area contributed by atoms with Crippen molar-refractivity contribution < 1.29 is 23.8 Å². The topological polar surface area (TPSA) is 65.1 Å². The van der Waals surface area contributed by atoms with Gasteiger partial charge in [-0.2, -0.15) is 0 Å². The van der Waals surface area contributed by atoms with Gasteiger partial charge in [0.2, 0.25) is 0 Å². The standard InChI is InChI=1S/C35H33NO5/c1-2-32(40-23-27-16-8-4-9-17-27)33(41-24-28-18-10-5-11-19-28)31(25-39-22-26-14-6-3-7-15-26)36-34(37)29-20-12-13-21-30(29)35(36)38/h2-21,31-33H,1,22-25H2/t31-,32-,33+/m1/s1. The Bertz CT molecular complexity index is 1410. The van der Waals surface area contributed by atoms with E-state index in [1.54, 1.807) is 30.3 Å². The molecule has 0 aliphatic carbocycles. The molecule has 0 saturated heterocycles. The highest BCUT2D eigenvalue weighted by molar-refractivity contribution is 6.21. The van der Waals surface area contributed by atoms with Crippen LogP contribution in [0.15, 0.2) is 128 Å². The van der Waals surface area contributed by atoms with Crippen LogP contribution in [0, 0.1) is 0 Å². The second-order valence-electron chi connectivity index (χ2n) is 9.85. The van der Waals surface area contributed by atoms with Gasteiger partial charge < -0.3 is 14.2 Å². The number of carbonyl (C=O) groups is 2. The summed E-state index contributed by atoms with van der Waals surface area (Å²) in [6, 6.07) is 35.4. The summed E-state index contributed by atoms with van der Waals surface area (Å²) in [5.74, 6) is -0.754. The van der Waals surface area contributed by atoms with Gasteiger partial charge in [0.1, 0.15) is 12.2 Å². The lowest BCUT2D eigenvalue weighted by Crippen LogP contribution is -2.54. The second-order valence-corrected chi connectivity index (χ2v) is 9.85. The maximum absolute atomic E-state index is 13.7.